The zero-order valence-corrected chi connectivity index (χ0v) is 10.8. The van der Waals surface area contributed by atoms with E-state index in [4.69, 9.17) is 10.2 Å². The number of hydrogen-bond acceptors (Lipinski definition) is 4. The molecular formula is C12H10N2O5S. The topological polar surface area (TPSA) is 130 Å². The molecule has 0 bridgehead atoms. The van der Waals surface area contributed by atoms with Crippen molar-refractivity contribution in [2.75, 3.05) is 0 Å². The smallest absolute Gasteiger partial charge is 0.341 e. The van der Waals surface area contributed by atoms with Crippen molar-refractivity contribution in [1.82, 2.24) is 4.98 Å². The van der Waals surface area contributed by atoms with Gasteiger partial charge in [0.2, 0.25) is 10.0 Å². The van der Waals surface area contributed by atoms with Gasteiger partial charge >= 0.3 is 5.97 Å². The molecule has 1 aromatic carbocycles. The molecule has 1 aromatic heterocycles. The summed E-state index contributed by atoms with van der Waals surface area (Å²) in [7, 11) is -3.96. The minimum absolute atomic E-state index is 0.154. The van der Waals surface area contributed by atoms with Gasteiger partial charge in [0.15, 0.2) is 0 Å². The van der Waals surface area contributed by atoms with Gasteiger partial charge in [0.25, 0.3) is 5.56 Å². The Morgan fingerprint density at radius 3 is 2.35 bits per heavy atom. The number of sulfonamides is 1. The predicted molar refractivity (Wildman–Crippen MR) is 70.8 cm³/mol. The molecule has 0 spiro atoms. The maximum absolute atomic E-state index is 11.6. The summed E-state index contributed by atoms with van der Waals surface area (Å²) >= 11 is 0. The second-order valence-corrected chi connectivity index (χ2v) is 5.49. The molecule has 1 heterocycles. The standard InChI is InChI=1S/C12H10N2O5S/c13-20(18,19)10-4-2-1-3-7(10)9-6-5-8(12(16)17)11(15)14-9/h1-6H,(H,14,15)(H,16,17)(H2,13,18,19). The molecule has 0 unspecified atom stereocenters. The second kappa shape index (κ2) is 4.91. The van der Waals surface area contributed by atoms with Crippen molar-refractivity contribution in [3.63, 3.8) is 0 Å². The summed E-state index contributed by atoms with van der Waals surface area (Å²) in [6.07, 6.45) is 0. The summed E-state index contributed by atoms with van der Waals surface area (Å²) in [5.41, 5.74) is -0.880. The van der Waals surface area contributed by atoms with Crippen LogP contribution in [-0.2, 0) is 10.0 Å². The van der Waals surface area contributed by atoms with Gasteiger partial charge in [-0.05, 0) is 18.2 Å². The highest BCUT2D eigenvalue weighted by atomic mass is 32.2. The lowest BCUT2D eigenvalue weighted by Gasteiger charge is -2.07. The third-order valence-corrected chi connectivity index (χ3v) is 3.59. The van der Waals surface area contributed by atoms with E-state index >= 15 is 0 Å². The Bertz CT molecular complexity index is 839. The first-order chi connectivity index (χ1) is 9.30. The lowest BCUT2D eigenvalue weighted by Crippen LogP contribution is -2.18. The molecule has 2 aromatic rings. The van der Waals surface area contributed by atoms with E-state index in [2.05, 4.69) is 4.98 Å². The molecule has 4 N–H and O–H groups in total. The van der Waals surface area contributed by atoms with Crippen LogP contribution in [0.25, 0.3) is 11.3 Å². The fourth-order valence-electron chi connectivity index (χ4n) is 1.74. The van der Waals surface area contributed by atoms with Gasteiger partial charge in [-0.15, -0.1) is 0 Å². The van der Waals surface area contributed by atoms with Gasteiger partial charge < -0.3 is 10.1 Å². The molecule has 8 heteroatoms. The number of pyridine rings is 1. The zero-order valence-electron chi connectivity index (χ0n) is 10.0. The lowest BCUT2D eigenvalue weighted by atomic mass is 10.1. The van der Waals surface area contributed by atoms with E-state index in [1.165, 1.54) is 24.3 Å². The molecule has 20 heavy (non-hydrogen) atoms. The number of nitrogens with two attached hydrogens (primary N) is 1. The number of rotatable bonds is 3. The van der Waals surface area contributed by atoms with E-state index in [1.54, 1.807) is 6.07 Å². The summed E-state index contributed by atoms with van der Waals surface area (Å²) in [5.74, 6) is -1.36. The van der Waals surface area contributed by atoms with Gasteiger partial charge in [-0.2, -0.15) is 0 Å². The van der Waals surface area contributed by atoms with Crippen molar-refractivity contribution >= 4 is 16.0 Å². The highest BCUT2D eigenvalue weighted by Crippen LogP contribution is 2.23. The molecule has 0 radical (unpaired) electrons. The highest BCUT2D eigenvalue weighted by Gasteiger charge is 2.16. The number of H-pyrrole nitrogens is 1. The summed E-state index contributed by atoms with van der Waals surface area (Å²) < 4.78 is 23.0. The summed E-state index contributed by atoms with van der Waals surface area (Å²) in [4.78, 5) is 24.5. The largest absolute Gasteiger partial charge is 0.477 e. The van der Waals surface area contributed by atoms with Gasteiger partial charge in [-0.3, -0.25) is 4.79 Å². The quantitative estimate of drug-likeness (QED) is 0.753. The number of carboxylic acids is 1. The van der Waals surface area contributed by atoms with E-state index in [-0.39, 0.29) is 16.2 Å². The molecule has 0 amide bonds. The van der Waals surface area contributed by atoms with Crippen LogP contribution >= 0.6 is 0 Å². The Balaban J connectivity index is 2.68. The number of carbonyl (C=O) groups is 1. The highest BCUT2D eigenvalue weighted by molar-refractivity contribution is 7.89. The van der Waals surface area contributed by atoms with Crippen molar-refractivity contribution < 1.29 is 18.3 Å². The first-order valence-electron chi connectivity index (χ1n) is 5.39. The normalized spacial score (nSPS) is 11.2. The molecule has 0 saturated heterocycles. The molecule has 7 nitrogen and oxygen atoms in total. The monoisotopic (exact) mass is 294 g/mol. The van der Waals surface area contributed by atoms with Crippen LogP contribution in [0.3, 0.4) is 0 Å². The SMILES string of the molecule is NS(=O)(=O)c1ccccc1-c1ccc(C(=O)O)c(=O)[nH]1. The Morgan fingerprint density at radius 1 is 1.15 bits per heavy atom. The van der Waals surface area contributed by atoms with Gasteiger partial charge in [0.1, 0.15) is 5.56 Å². The Kier molecular flexibility index (Phi) is 3.43. The average molecular weight is 294 g/mol. The Hall–Kier alpha value is -2.45. The molecule has 2 rings (SSSR count). The number of aromatic nitrogens is 1. The van der Waals surface area contributed by atoms with Crippen LogP contribution in [0.2, 0.25) is 0 Å². The van der Waals surface area contributed by atoms with E-state index in [9.17, 15) is 18.0 Å². The Morgan fingerprint density at radius 2 is 1.80 bits per heavy atom. The first-order valence-corrected chi connectivity index (χ1v) is 6.94. The maximum Gasteiger partial charge on any atom is 0.341 e. The van der Waals surface area contributed by atoms with Crippen LogP contribution in [0, 0.1) is 0 Å². The van der Waals surface area contributed by atoms with E-state index in [0.717, 1.165) is 6.07 Å². The number of aromatic carboxylic acids is 1. The molecule has 0 atom stereocenters. The maximum atomic E-state index is 11.6. The number of carboxylic acid groups (broad SMARTS) is 1. The number of nitrogens with one attached hydrogen (secondary N) is 1. The predicted octanol–water partition coefficient (Wildman–Crippen LogP) is 0.387. The van der Waals surface area contributed by atoms with Gasteiger partial charge in [0.05, 0.1) is 4.90 Å². The van der Waals surface area contributed by atoms with Crippen molar-refractivity contribution in [1.29, 1.82) is 0 Å². The fourth-order valence-corrected chi connectivity index (χ4v) is 2.49. The van der Waals surface area contributed by atoms with Crippen LogP contribution in [0.5, 0.6) is 0 Å². The summed E-state index contributed by atoms with van der Waals surface area (Å²) in [5, 5.41) is 13.9. The van der Waals surface area contributed by atoms with E-state index in [0.29, 0.717) is 0 Å². The average Bonchev–Trinajstić information content (AvgIpc) is 2.37. The zero-order chi connectivity index (χ0) is 14.9. The van der Waals surface area contributed by atoms with Crippen molar-refractivity contribution in [3.05, 3.63) is 52.3 Å². The molecule has 104 valence electrons. The molecule has 0 aliphatic rings. The minimum Gasteiger partial charge on any atom is -0.477 e. The molecule has 0 fully saturated rings. The summed E-state index contributed by atoms with van der Waals surface area (Å²) in [6, 6.07) is 8.26. The van der Waals surface area contributed by atoms with Crippen molar-refractivity contribution in [2.45, 2.75) is 4.90 Å². The van der Waals surface area contributed by atoms with Crippen LogP contribution in [0.15, 0.2) is 46.1 Å². The van der Waals surface area contributed by atoms with E-state index < -0.39 is 27.1 Å². The van der Waals surface area contributed by atoms with Crippen LogP contribution in [0.1, 0.15) is 10.4 Å². The van der Waals surface area contributed by atoms with Crippen LogP contribution in [-0.4, -0.2) is 24.5 Å². The van der Waals surface area contributed by atoms with Gasteiger partial charge in [-0.1, -0.05) is 18.2 Å². The van der Waals surface area contributed by atoms with Crippen LogP contribution in [0.4, 0.5) is 0 Å². The number of benzene rings is 1. The first kappa shape index (κ1) is 14.0. The van der Waals surface area contributed by atoms with Gasteiger partial charge in [-0.25, -0.2) is 18.4 Å². The van der Waals surface area contributed by atoms with Crippen molar-refractivity contribution in [2.24, 2.45) is 5.14 Å². The Labute approximate surface area is 113 Å². The number of primary sulfonamides is 1. The second-order valence-electron chi connectivity index (χ2n) is 3.96. The van der Waals surface area contributed by atoms with Crippen LogP contribution < -0.4 is 10.7 Å². The third kappa shape index (κ3) is 2.60. The van der Waals surface area contributed by atoms with Gasteiger partial charge in [0, 0.05) is 11.3 Å². The fraction of sp³-hybridized carbons (Fsp3) is 0. The number of hydrogen-bond donors (Lipinski definition) is 3. The summed E-state index contributed by atoms with van der Waals surface area (Å²) in [6.45, 7) is 0. The van der Waals surface area contributed by atoms with Crippen molar-refractivity contribution in [3.8, 4) is 11.3 Å². The minimum atomic E-state index is -3.96. The third-order valence-electron chi connectivity index (χ3n) is 2.62. The number of aromatic amines is 1. The molecule has 0 aliphatic carbocycles. The molecule has 0 aliphatic heterocycles. The molecule has 0 saturated carbocycles. The lowest BCUT2D eigenvalue weighted by molar-refractivity contribution is 0.0695. The van der Waals surface area contributed by atoms with E-state index in [1.807, 2.05) is 0 Å². The molecular weight excluding hydrogens is 284 g/mol.